The van der Waals surface area contributed by atoms with Crippen molar-refractivity contribution in [1.29, 1.82) is 0 Å². The Labute approximate surface area is 180 Å². The van der Waals surface area contributed by atoms with Crippen LogP contribution < -0.4 is 15.5 Å². The Bertz CT molecular complexity index is 1090. The highest BCUT2D eigenvalue weighted by Crippen LogP contribution is 2.10. The lowest BCUT2D eigenvalue weighted by Gasteiger charge is -2.18. The number of amides is 1. The van der Waals surface area contributed by atoms with Crippen LogP contribution in [-0.4, -0.2) is 29.6 Å². The summed E-state index contributed by atoms with van der Waals surface area (Å²) in [5, 5.41) is 2.66. The topological polar surface area (TPSA) is 86.6 Å². The molecule has 2 aromatic carbocycles. The first kappa shape index (κ1) is 21.8. The van der Waals surface area contributed by atoms with E-state index in [1.807, 2.05) is 60.7 Å². The lowest BCUT2D eigenvalue weighted by Crippen LogP contribution is -2.44. The largest absolute Gasteiger partial charge is 0.483 e. The van der Waals surface area contributed by atoms with Gasteiger partial charge in [0.1, 0.15) is 18.3 Å². The Morgan fingerprint density at radius 2 is 1.61 bits per heavy atom. The Hall–Kier alpha value is -3.87. The van der Waals surface area contributed by atoms with Gasteiger partial charge in [0.2, 0.25) is 5.43 Å². The Morgan fingerprint density at radius 3 is 2.23 bits per heavy atom. The molecule has 31 heavy (non-hydrogen) atoms. The lowest BCUT2D eigenvalue weighted by molar-refractivity contribution is -0.142. The number of methoxy groups -OCH3 is 1. The van der Waals surface area contributed by atoms with Crippen LogP contribution in [0.25, 0.3) is 0 Å². The van der Waals surface area contributed by atoms with Crippen LogP contribution in [0.1, 0.15) is 21.6 Å². The van der Waals surface area contributed by atoms with E-state index in [0.29, 0.717) is 0 Å². The van der Waals surface area contributed by atoms with Crippen molar-refractivity contribution < 1.29 is 19.1 Å². The molecule has 0 saturated carbocycles. The summed E-state index contributed by atoms with van der Waals surface area (Å²) in [7, 11) is 2.90. The van der Waals surface area contributed by atoms with E-state index in [2.05, 4.69) is 5.32 Å². The number of carbonyl (C=O) groups excluding carboxylic acids is 2. The second-order valence-electron chi connectivity index (χ2n) is 7.01. The number of esters is 1. The standard InChI is InChI=1S/C24H24N2O5/c1-26-15-22(31-16-18-11-7-4-8-12-18)21(27)14-20(26)23(28)25-19(24(29)30-2)13-17-9-5-3-6-10-17/h3-12,14-15,19H,13,16H2,1-2H3,(H,25,28). The van der Waals surface area contributed by atoms with Crippen LogP contribution in [-0.2, 0) is 29.6 Å². The van der Waals surface area contributed by atoms with Crippen LogP contribution in [0, 0.1) is 0 Å². The highest BCUT2D eigenvalue weighted by Gasteiger charge is 2.24. The molecule has 1 heterocycles. The smallest absolute Gasteiger partial charge is 0.328 e. The molecule has 1 atom stereocenters. The van der Waals surface area contributed by atoms with Gasteiger partial charge in [0.25, 0.3) is 5.91 Å². The highest BCUT2D eigenvalue weighted by atomic mass is 16.5. The average molecular weight is 420 g/mol. The molecule has 3 aromatic rings. The molecular weight excluding hydrogens is 396 g/mol. The number of hydrogen-bond acceptors (Lipinski definition) is 5. The van der Waals surface area contributed by atoms with Crippen LogP contribution >= 0.6 is 0 Å². The summed E-state index contributed by atoms with van der Waals surface area (Å²) in [5.41, 5.74) is 1.49. The van der Waals surface area contributed by atoms with Crippen molar-refractivity contribution in [3.8, 4) is 5.75 Å². The predicted octanol–water partition coefficient (Wildman–Crippen LogP) is 2.48. The minimum Gasteiger partial charge on any atom is -0.483 e. The fourth-order valence-corrected chi connectivity index (χ4v) is 3.09. The molecule has 1 aromatic heterocycles. The quantitative estimate of drug-likeness (QED) is 0.566. The Kier molecular flexibility index (Phi) is 7.22. The van der Waals surface area contributed by atoms with Gasteiger partial charge in [-0.1, -0.05) is 60.7 Å². The number of aromatic nitrogens is 1. The van der Waals surface area contributed by atoms with Crippen LogP contribution in [0.2, 0.25) is 0 Å². The molecule has 3 rings (SSSR count). The SMILES string of the molecule is COC(=O)C(Cc1ccccc1)NC(=O)c1cc(=O)c(OCc2ccccc2)cn1C. The van der Waals surface area contributed by atoms with E-state index in [9.17, 15) is 14.4 Å². The number of hydrogen-bond donors (Lipinski definition) is 1. The number of ether oxygens (including phenoxy) is 2. The van der Waals surface area contributed by atoms with E-state index < -0.39 is 23.3 Å². The first-order chi connectivity index (χ1) is 15.0. The fourth-order valence-electron chi connectivity index (χ4n) is 3.09. The summed E-state index contributed by atoms with van der Waals surface area (Å²) in [6.07, 6.45) is 1.73. The Morgan fingerprint density at radius 1 is 1.00 bits per heavy atom. The van der Waals surface area contributed by atoms with Gasteiger partial charge in [0.15, 0.2) is 5.75 Å². The van der Waals surface area contributed by atoms with Crippen LogP contribution in [0.5, 0.6) is 5.75 Å². The number of nitrogens with zero attached hydrogens (tertiary/aromatic N) is 1. The number of aryl methyl sites for hydroxylation is 1. The maximum Gasteiger partial charge on any atom is 0.328 e. The summed E-state index contributed by atoms with van der Waals surface area (Å²) in [5.74, 6) is -0.984. The molecule has 1 N–H and O–H groups in total. The van der Waals surface area contributed by atoms with E-state index in [4.69, 9.17) is 9.47 Å². The second kappa shape index (κ2) is 10.2. The second-order valence-corrected chi connectivity index (χ2v) is 7.01. The molecule has 0 radical (unpaired) electrons. The summed E-state index contributed by atoms with van der Waals surface area (Å²) in [4.78, 5) is 37.5. The molecule has 0 saturated heterocycles. The zero-order chi connectivity index (χ0) is 22.2. The van der Waals surface area contributed by atoms with Gasteiger partial charge in [-0.25, -0.2) is 4.79 Å². The number of carbonyl (C=O) groups is 2. The summed E-state index contributed by atoms with van der Waals surface area (Å²) in [6.45, 7) is 0.239. The molecule has 7 nitrogen and oxygen atoms in total. The van der Waals surface area contributed by atoms with E-state index >= 15 is 0 Å². The molecule has 0 aliphatic heterocycles. The van der Waals surface area contributed by atoms with Crippen LogP contribution in [0.4, 0.5) is 0 Å². The number of pyridine rings is 1. The van der Waals surface area contributed by atoms with Crippen molar-refractivity contribution >= 4 is 11.9 Å². The molecule has 0 fully saturated rings. The van der Waals surface area contributed by atoms with E-state index in [-0.39, 0.29) is 24.5 Å². The third-order valence-electron chi connectivity index (χ3n) is 4.75. The first-order valence-electron chi connectivity index (χ1n) is 9.78. The monoisotopic (exact) mass is 420 g/mol. The van der Waals surface area contributed by atoms with Crippen LogP contribution in [0.15, 0.2) is 77.7 Å². The Balaban J connectivity index is 1.74. The van der Waals surface area contributed by atoms with Gasteiger partial charge in [-0.3, -0.25) is 9.59 Å². The number of nitrogens with one attached hydrogen (secondary N) is 1. The maximum atomic E-state index is 12.8. The van der Waals surface area contributed by atoms with E-state index in [1.165, 1.54) is 23.9 Å². The van der Waals surface area contributed by atoms with Crippen molar-refractivity contribution in [3.63, 3.8) is 0 Å². The van der Waals surface area contributed by atoms with Gasteiger partial charge in [0.05, 0.1) is 13.3 Å². The highest BCUT2D eigenvalue weighted by molar-refractivity contribution is 5.95. The average Bonchev–Trinajstić information content (AvgIpc) is 2.79. The van der Waals surface area contributed by atoms with Crippen molar-refractivity contribution in [2.75, 3.05) is 7.11 Å². The fraction of sp³-hybridized carbons (Fsp3) is 0.208. The number of rotatable bonds is 8. The molecule has 1 amide bonds. The molecule has 0 bridgehead atoms. The molecular formula is C24H24N2O5. The molecule has 160 valence electrons. The minimum atomic E-state index is -0.885. The van der Waals surface area contributed by atoms with Crippen molar-refractivity contribution in [2.45, 2.75) is 19.1 Å². The summed E-state index contributed by atoms with van der Waals surface area (Å²) < 4.78 is 11.9. The van der Waals surface area contributed by atoms with Crippen molar-refractivity contribution in [1.82, 2.24) is 9.88 Å². The van der Waals surface area contributed by atoms with Gasteiger partial charge < -0.3 is 19.4 Å². The molecule has 7 heteroatoms. The first-order valence-corrected chi connectivity index (χ1v) is 9.78. The molecule has 1 unspecified atom stereocenters. The zero-order valence-corrected chi connectivity index (χ0v) is 17.4. The third kappa shape index (κ3) is 5.82. The van der Waals surface area contributed by atoms with Gasteiger partial charge in [-0.2, -0.15) is 0 Å². The van der Waals surface area contributed by atoms with Gasteiger partial charge in [0, 0.05) is 19.5 Å². The molecule has 0 aliphatic carbocycles. The normalized spacial score (nSPS) is 11.4. The maximum absolute atomic E-state index is 12.8. The van der Waals surface area contributed by atoms with E-state index in [0.717, 1.165) is 11.1 Å². The summed E-state index contributed by atoms with van der Waals surface area (Å²) in [6, 6.07) is 19.1. The molecule has 0 aliphatic rings. The van der Waals surface area contributed by atoms with Gasteiger partial charge in [-0.05, 0) is 11.1 Å². The number of benzene rings is 2. The van der Waals surface area contributed by atoms with Crippen molar-refractivity contribution in [2.24, 2.45) is 7.05 Å². The minimum absolute atomic E-state index is 0.110. The summed E-state index contributed by atoms with van der Waals surface area (Å²) >= 11 is 0. The van der Waals surface area contributed by atoms with Crippen LogP contribution in [0.3, 0.4) is 0 Å². The predicted molar refractivity (Wildman–Crippen MR) is 116 cm³/mol. The third-order valence-corrected chi connectivity index (χ3v) is 4.75. The lowest BCUT2D eigenvalue weighted by atomic mass is 10.1. The van der Waals surface area contributed by atoms with E-state index in [1.54, 1.807) is 7.05 Å². The van der Waals surface area contributed by atoms with Crippen molar-refractivity contribution in [3.05, 3.63) is 100.0 Å². The molecule has 0 spiro atoms. The zero-order valence-electron chi connectivity index (χ0n) is 17.4. The van der Waals surface area contributed by atoms with Gasteiger partial charge in [-0.15, -0.1) is 0 Å². The van der Waals surface area contributed by atoms with Gasteiger partial charge >= 0.3 is 5.97 Å².